The highest BCUT2D eigenvalue weighted by molar-refractivity contribution is 6.57. The summed E-state index contributed by atoms with van der Waals surface area (Å²) in [6.45, 7) is 0. The average molecular weight is 370 g/mol. The topological polar surface area (TPSA) is 138 Å². The zero-order chi connectivity index (χ0) is 18.3. The summed E-state index contributed by atoms with van der Waals surface area (Å²) >= 11 is 5.98. The number of halogens is 1. The van der Waals surface area contributed by atoms with Gasteiger partial charge in [-0.2, -0.15) is 4.98 Å². The van der Waals surface area contributed by atoms with E-state index in [9.17, 15) is 4.79 Å². The van der Waals surface area contributed by atoms with Crippen LogP contribution >= 0.6 is 11.6 Å². The van der Waals surface area contributed by atoms with Crippen LogP contribution in [0.1, 0.15) is 0 Å². The molecule has 0 spiro atoms. The maximum atomic E-state index is 12.3. The van der Waals surface area contributed by atoms with Crippen molar-refractivity contribution in [2.75, 3.05) is 0 Å². The van der Waals surface area contributed by atoms with Crippen molar-refractivity contribution >= 4 is 35.2 Å². The monoisotopic (exact) mass is 369 g/mol. The summed E-state index contributed by atoms with van der Waals surface area (Å²) in [6.07, 6.45) is 2.45. The summed E-state index contributed by atoms with van der Waals surface area (Å²) in [5.74, 6) is 0.119. The molecule has 3 heterocycles. The lowest BCUT2D eigenvalue weighted by molar-refractivity contribution is 0.424. The Hall–Kier alpha value is -3.08. The first-order valence-corrected chi connectivity index (χ1v) is 7.74. The van der Waals surface area contributed by atoms with Crippen LogP contribution in [-0.2, 0) is 0 Å². The Bertz CT molecular complexity index is 1160. The molecule has 0 saturated carbocycles. The van der Waals surface area contributed by atoms with Gasteiger partial charge < -0.3 is 19.6 Å². The fraction of sp³-hybridized carbons (Fsp3) is 0. The number of hydrogen-bond acceptors (Lipinski definition) is 8. The highest BCUT2D eigenvalue weighted by Crippen LogP contribution is 2.22. The van der Waals surface area contributed by atoms with Gasteiger partial charge in [0.1, 0.15) is 11.3 Å². The molecule has 0 unspecified atom stereocenters. The number of hydrogen-bond donors (Lipinski definition) is 3. The minimum atomic E-state index is -1.72. The molecule has 11 heteroatoms. The van der Waals surface area contributed by atoms with Crippen molar-refractivity contribution in [1.82, 2.24) is 25.1 Å². The summed E-state index contributed by atoms with van der Waals surface area (Å²) in [7, 11) is -1.72. The Balaban J connectivity index is 1.75. The molecule has 0 aliphatic heterocycles. The predicted octanol–water partition coefficient (Wildman–Crippen LogP) is 0.368. The second-order valence-corrected chi connectivity index (χ2v) is 5.80. The Morgan fingerprint density at radius 1 is 1.15 bits per heavy atom. The van der Waals surface area contributed by atoms with E-state index in [-0.39, 0.29) is 34.1 Å². The molecule has 3 N–H and O–H groups in total. The molecular formula is C15H9BClN5O4. The molecular weight excluding hydrogens is 360 g/mol. The van der Waals surface area contributed by atoms with E-state index in [2.05, 4.69) is 25.1 Å². The summed E-state index contributed by atoms with van der Waals surface area (Å²) in [5, 5.41) is 23.1. The van der Waals surface area contributed by atoms with Crippen LogP contribution in [0.5, 0.6) is 0 Å². The van der Waals surface area contributed by atoms with Crippen LogP contribution in [0.4, 0.5) is 0 Å². The van der Waals surface area contributed by atoms with Crippen LogP contribution in [-0.4, -0.2) is 42.3 Å². The third-order valence-corrected chi connectivity index (χ3v) is 3.86. The molecule has 0 aliphatic carbocycles. The molecule has 128 valence electrons. The number of nitrogens with one attached hydrogen (secondary N) is 1. The molecule has 0 amide bonds. The maximum Gasteiger partial charge on any atom is 0.509 e. The van der Waals surface area contributed by atoms with Gasteiger partial charge in [-0.1, -0.05) is 16.8 Å². The minimum absolute atomic E-state index is 0.0104. The smallest absolute Gasteiger partial charge is 0.422 e. The number of pyridine rings is 1. The maximum absolute atomic E-state index is 12.3. The molecule has 0 saturated heterocycles. The number of nitrogens with zero attached hydrogens (tertiary/aromatic N) is 4. The van der Waals surface area contributed by atoms with E-state index in [1.807, 2.05) is 0 Å². The van der Waals surface area contributed by atoms with Crippen LogP contribution < -0.4 is 11.2 Å². The lowest BCUT2D eigenvalue weighted by Crippen LogP contribution is -2.32. The van der Waals surface area contributed by atoms with Crippen molar-refractivity contribution in [2.45, 2.75) is 0 Å². The first-order valence-electron chi connectivity index (χ1n) is 7.36. The number of benzene rings is 1. The van der Waals surface area contributed by atoms with Crippen LogP contribution in [0.2, 0.25) is 5.02 Å². The fourth-order valence-corrected chi connectivity index (χ4v) is 2.54. The van der Waals surface area contributed by atoms with Crippen LogP contribution in [0.15, 0.2) is 46.0 Å². The quantitative estimate of drug-likeness (QED) is 0.440. The van der Waals surface area contributed by atoms with Crippen molar-refractivity contribution in [3.05, 3.63) is 52.0 Å². The normalized spacial score (nSPS) is 11.0. The van der Waals surface area contributed by atoms with Crippen molar-refractivity contribution < 1.29 is 14.6 Å². The van der Waals surface area contributed by atoms with Gasteiger partial charge in [0.25, 0.3) is 11.4 Å². The zero-order valence-electron chi connectivity index (χ0n) is 12.9. The first-order chi connectivity index (χ1) is 12.5. The zero-order valence-corrected chi connectivity index (χ0v) is 13.7. The number of rotatable bonds is 3. The van der Waals surface area contributed by atoms with E-state index < -0.39 is 7.12 Å². The fourth-order valence-electron chi connectivity index (χ4n) is 2.36. The van der Waals surface area contributed by atoms with Gasteiger partial charge in [0.15, 0.2) is 0 Å². The lowest BCUT2D eigenvalue weighted by atomic mass is 9.87. The number of aromatic nitrogens is 5. The molecule has 0 aliphatic rings. The van der Waals surface area contributed by atoms with Crippen LogP contribution in [0.25, 0.3) is 33.9 Å². The van der Waals surface area contributed by atoms with E-state index in [1.54, 1.807) is 24.3 Å². The van der Waals surface area contributed by atoms with Gasteiger partial charge in [0.05, 0.1) is 11.8 Å². The Kier molecular flexibility index (Phi) is 4.00. The molecule has 0 atom stereocenters. The molecule has 3 aromatic heterocycles. The Morgan fingerprint density at radius 3 is 2.73 bits per heavy atom. The van der Waals surface area contributed by atoms with E-state index in [0.29, 0.717) is 15.9 Å². The molecule has 9 nitrogen and oxygen atoms in total. The van der Waals surface area contributed by atoms with Crippen molar-refractivity contribution in [2.24, 2.45) is 0 Å². The van der Waals surface area contributed by atoms with E-state index in [4.69, 9.17) is 26.2 Å². The molecule has 0 fully saturated rings. The highest BCUT2D eigenvalue weighted by Gasteiger charge is 2.18. The summed E-state index contributed by atoms with van der Waals surface area (Å²) < 4.78 is 5.16. The third kappa shape index (κ3) is 2.97. The standard InChI is InChI=1S/C15H9BClN5O4/c17-8-1-2-10-7(3-8)4-9(14(23)20-10)15-21-13(22-26-15)11-5-19-12(6-18-11)16(24)25/h1-6,24-25H,(H,20,23). The van der Waals surface area contributed by atoms with Gasteiger partial charge in [-0.05, 0) is 24.3 Å². The first kappa shape index (κ1) is 16.4. The molecule has 4 aromatic rings. The summed E-state index contributed by atoms with van der Waals surface area (Å²) in [6, 6.07) is 6.69. The SMILES string of the molecule is O=c1[nH]c2ccc(Cl)cc2cc1-c1nc(-c2cnc(B(O)O)cn2)no1. The number of aromatic amines is 1. The molecule has 26 heavy (non-hydrogen) atoms. The summed E-state index contributed by atoms with van der Waals surface area (Å²) in [5.41, 5.74) is 0.672. The third-order valence-electron chi connectivity index (χ3n) is 3.63. The van der Waals surface area contributed by atoms with Crippen molar-refractivity contribution in [3.8, 4) is 23.0 Å². The van der Waals surface area contributed by atoms with Gasteiger partial charge in [0, 0.05) is 22.1 Å². The number of H-pyrrole nitrogens is 1. The van der Waals surface area contributed by atoms with Crippen molar-refractivity contribution in [1.29, 1.82) is 0 Å². The van der Waals surface area contributed by atoms with Gasteiger partial charge >= 0.3 is 7.12 Å². The molecule has 0 radical (unpaired) electrons. The molecule has 1 aromatic carbocycles. The second kappa shape index (κ2) is 6.34. The molecule has 0 bridgehead atoms. The van der Waals surface area contributed by atoms with Gasteiger partial charge in [-0.15, -0.1) is 0 Å². The Labute approximate surface area is 150 Å². The summed E-state index contributed by atoms with van der Waals surface area (Å²) in [4.78, 5) is 27.0. The highest BCUT2D eigenvalue weighted by atomic mass is 35.5. The van der Waals surface area contributed by atoms with Crippen LogP contribution in [0.3, 0.4) is 0 Å². The van der Waals surface area contributed by atoms with Gasteiger partial charge in [0.2, 0.25) is 5.82 Å². The second-order valence-electron chi connectivity index (χ2n) is 5.37. The Morgan fingerprint density at radius 2 is 2.00 bits per heavy atom. The molecule has 4 rings (SSSR count). The minimum Gasteiger partial charge on any atom is -0.422 e. The lowest BCUT2D eigenvalue weighted by Gasteiger charge is -2.00. The van der Waals surface area contributed by atoms with E-state index in [1.165, 1.54) is 12.4 Å². The number of fused-ring (bicyclic) bond motifs is 1. The van der Waals surface area contributed by atoms with Crippen molar-refractivity contribution in [3.63, 3.8) is 0 Å². The largest absolute Gasteiger partial charge is 0.509 e. The van der Waals surface area contributed by atoms with E-state index >= 15 is 0 Å². The van der Waals surface area contributed by atoms with Gasteiger partial charge in [-0.25, -0.2) is 4.98 Å². The van der Waals surface area contributed by atoms with Crippen LogP contribution in [0, 0.1) is 0 Å². The average Bonchev–Trinajstić information content (AvgIpc) is 3.11. The predicted molar refractivity (Wildman–Crippen MR) is 93.7 cm³/mol. The van der Waals surface area contributed by atoms with E-state index in [0.717, 1.165) is 0 Å². The van der Waals surface area contributed by atoms with Gasteiger partial charge in [-0.3, -0.25) is 9.78 Å².